The standard InChI is InChI=1S/C41H58O7.C21H27N2.2ClH.Ru/c1-25(2)18-20-40(11,12)36-30(8)37(48-35(44)23-33(42)41(13,14)24-45-15)28(6)29(7)38(36)47-34(43)19-21-39(9,10)31-16-17-32(27(5)22-31)46-26(3)4;1-14-9-16(3)20(17(4)10-14)22-7-8-23(13-22)21-18(5)11-15(2)12-19(21)6;;;/h5,16-18,22,26H,19-21,23-24H2,1-4,6-15H3;9-13H,7-8H2,1-6H3;2*1H;/q;-1;;;+2/p-1. The number of ketones is 1. The summed E-state index contributed by atoms with van der Waals surface area (Å²) in [5, 5.41) is 0. The van der Waals surface area contributed by atoms with Crippen molar-refractivity contribution in [3.63, 3.8) is 0 Å². The minimum absolute atomic E-state index is 0.119. The summed E-state index contributed by atoms with van der Waals surface area (Å²) in [6.45, 7) is 43.4. The second kappa shape index (κ2) is 26.1. The van der Waals surface area contributed by atoms with Crippen LogP contribution >= 0.6 is 19.4 Å². The van der Waals surface area contributed by atoms with Crippen LogP contribution in [0.25, 0.3) is 0 Å². The molecule has 1 fully saturated rings. The van der Waals surface area contributed by atoms with Gasteiger partial charge in [0.15, 0.2) is 5.78 Å². The van der Waals surface area contributed by atoms with Crippen LogP contribution in [0.5, 0.6) is 17.2 Å². The molecule has 74 heavy (non-hydrogen) atoms. The third-order valence-electron chi connectivity index (χ3n) is 13.9. The number of allylic oxidation sites excluding steroid dienone is 2. The van der Waals surface area contributed by atoms with Gasteiger partial charge in [0.1, 0.15) is 12.2 Å². The molecule has 1 N–H and O–H groups in total. The minimum Gasteiger partial charge on any atom is -0.502 e. The number of benzene rings is 4. The fourth-order valence-electron chi connectivity index (χ4n) is 10.1. The zero-order chi connectivity index (χ0) is 55.8. The summed E-state index contributed by atoms with van der Waals surface area (Å²) in [5.74, 6) is 0.455. The van der Waals surface area contributed by atoms with Crippen LogP contribution in [0.4, 0.5) is 11.4 Å². The van der Waals surface area contributed by atoms with Crippen LogP contribution in [0.15, 0.2) is 54.1 Å². The van der Waals surface area contributed by atoms with Crippen LogP contribution in [0.3, 0.4) is 0 Å². The van der Waals surface area contributed by atoms with Crippen molar-refractivity contribution in [2.24, 2.45) is 5.41 Å². The summed E-state index contributed by atoms with van der Waals surface area (Å²) in [5.41, 5.74) is 15.1. The fourth-order valence-corrected chi connectivity index (χ4v) is 11.9. The van der Waals surface area contributed by atoms with Crippen LogP contribution in [0.1, 0.15) is 162 Å². The van der Waals surface area contributed by atoms with Gasteiger partial charge in [0.2, 0.25) is 0 Å². The van der Waals surface area contributed by atoms with Gasteiger partial charge >= 0.3 is 191 Å². The number of aromatic hydroxyl groups is 1. The van der Waals surface area contributed by atoms with E-state index in [1.54, 1.807) is 13.8 Å². The fraction of sp³-hybridized carbons (Fsp3) is 0.500. The minimum atomic E-state index is -2.10. The molecule has 0 spiro atoms. The first-order chi connectivity index (χ1) is 34.3. The van der Waals surface area contributed by atoms with Crippen molar-refractivity contribution in [3.8, 4) is 17.2 Å². The number of carbonyl (C=O) groups is 3. The number of aryl methyl sites for hydroxylation is 6. The summed E-state index contributed by atoms with van der Waals surface area (Å²) in [4.78, 5) is 44.6. The van der Waals surface area contributed by atoms with Crippen molar-refractivity contribution in [1.82, 2.24) is 0 Å². The number of hydrogen-bond donors (Lipinski definition) is 0. The number of nitrogens with zero attached hydrogens (tertiary/aromatic N) is 2. The van der Waals surface area contributed by atoms with Gasteiger partial charge in [0.25, 0.3) is 0 Å². The Kier molecular flexibility index (Phi) is 22.0. The number of esters is 2. The first-order valence-corrected chi connectivity index (χ1v) is 31.2. The molecular formula is C62H86Cl2N2O7Ru. The summed E-state index contributed by atoms with van der Waals surface area (Å²) in [6.07, 6.45) is 3.26. The van der Waals surface area contributed by atoms with Crippen molar-refractivity contribution in [1.29, 1.82) is 0 Å². The van der Waals surface area contributed by atoms with E-state index in [1.165, 1.54) is 51.9 Å². The van der Waals surface area contributed by atoms with Crippen molar-refractivity contribution >= 4 is 53.1 Å². The van der Waals surface area contributed by atoms with Crippen molar-refractivity contribution < 1.29 is 46.8 Å². The second-order valence-electron chi connectivity index (χ2n) is 22.8. The molecule has 4 aromatic rings. The molecule has 4 aromatic carbocycles. The van der Waals surface area contributed by atoms with E-state index in [9.17, 15) is 14.4 Å². The van der Waals surface area contributed by atoms with Gasteiger partial charge in [-0.1, -0.05) is 74.7 Å². The Morgan fingerprint density at radius 1 is 0.730 bits per heavy atom. The average Bonchev–Trinajstić information content (AvgIpc) is 3.74. The Bertz CT molecular complexity index is 2650. The van der Waals surface area contributed by atoms with E-state index in [4.69, 9.17) is 38.3 Å². The maximum absolute atomic E-state index is 13.7. The Morgan fingerprint density at radius 2 is 1.23 bits per heavy atom. The molecule has 408 valence electrons. The SMILES string of the molecule is COCC(C)(C)C(=O)CC(=O)Oc1c(C)c(C)c(OC(=O)CCC(C)(C)c2ccc([OH+]C(C)C)c([CH]=[Ru]([Cl])[Cl])c2)c(C(C)(C)CC=C(C)C)c1C.Cc1cc(C)c(N2[CH-]N(c3c(C)cc(C)cc3C)CC2)c(C)c1. The number of aliphatic hydroxyl groups is 1. The number of carbonyl (C=O) groups excluding carboxylic acids is 3. The van der Waals surface area contributed by atoms with Gasteiger partial charge in [-0.15, -0.1) is 0 Å². The van der Waals surface area contributed by atoms with Gasteiger partial charge in [-0.05, 0) is 97.9 Å². The molecule has 0 bridgehead atoms. The third-order valence-corrected chi connectivity index (χ3v) is 15.8. The van der Waals surface area contributed by atoms with Gasteiger partial charge in [0, 0.05) is 37.0 Å². The number of anilines is 2. The Hall–Kier alpha value is -4.34. The molecule has 1 aliphatic heterocycles. The molecule has 0 radical (unpaired) electrons. The summed E-state index contributed by atoms with van der Waals surface area (Å²) < 4.78 is 24.0. The molecule has 0 amide bonds. The molecule has 12 heteroatoms. The Labute approximate surface area is 458 Å². The molecule has 0 unspecified atom stereocenters. The first kappa shape index (κ1) is 62.2. The van der Waals surface area contributed by atoms with Gasteiger partial charge in [-0.25, -0.2) is 0 Å². The topological polar surface area (TPSA) is 98.2 Å². The number of ether oxygens (including phenoxy) is 4. The monoisotopic (exact) mass is 1140 g/mol. The molecule has 0 aliphatic carbocycles. The van der Waals surface area contributed by atoms with E-state index in [0.717, 1.165) is 41.1 Å². The Morgan fingerprint density at radius 3 is 1.70 bits per heavy atom. The summed E-state index contributed by atoms with van der Waals surface area (Å²) in [7, 11) is 14.1. The van der Waals surface area contributed by atoms with Crippen molar-refractivity contribution in [2.75, 3.05) is 36.6 Å². The second-order valence-corrected chi connectivity index (χ2v) is 28.6. The van der Waals surface area contributed by atoms with E-state index < -0.39 is 30.3 Å². The molecule has 1 saturated heterocycles. The molecular weight excluding hydrogens is 1060 g/mol. The first-order valence-electron chi connectivity index (χ1n) is 25.7. The van der Waals surface area contributed by atoms with Crippen molar-refractivity contribution in [2.45, 2.75) is 174 Å². The number of methoxy groups -OCH3 is 1. The van der Waals surface area contributed by atoms with Gasteiger partial charge in [-0.2, -0.15) is 6.67 Å². The van der Waals surface area contributed by atoms with Crippen LogP contribution in [0, 0.1) is 74.4 Å². The third kappa shape index (κ3) is 16.3. The molecule has 1 aliphatic rings. The average molecular weight is 1140 g/mol. The maximum atomic E-state index is 13.7. The summed E-state index contributed by atoms with van der Waals surface area (Å²) in [6, 6.07) is 15.2. The number of hydrogen-bond acceptors (Lipinski definition) is 8. The molecule has 0 saturated carbocycles. The van der Waals surface area contributed by atoms with E-state index in [0.29, 0.717) is 41.0 Å². The van der Waals surface area contributed by atoms with Crippen LogP contribution in [0.2, 0.25) is 0 Å². The van der Waals surface area contributed by atoms with E-state index in [1.807, 2.05) is 59.1 Å². The van der Waals surface area contributed by atoms with Gasteiger partial charge < -0.3 is 19.3 Å². The van der Waals surface area contributed by atoms with E-state index >= 15 is 0 Å². The molecule has 9 nitrogen and oxygen atoms in total. The predicted molar refractivity (Wildman–Crippen MR) is 307 cm³/mol. The van der Waals surface area contributed by atoms with Gasteiger partial charge in [0.05, 0.1) is 6.61 Å². The van der Waals surface area contributed by atoms with E-state index in [2.05, 4.69) is 128 Å². The Balaban J connectivity index is 0.000000424. The summed E-state index contributed by atoms with van der Waals surface area (Å²) >= 11 is -2.10. The smallest absolute Gasteiger partial charge is 0.502 e. The molecule has 0 aromatic heterocycles. The molecule has 5 rings (SSSR count). The quantitative estimate of drug-likeness (QED) is 0.0174. The van der Waals surface area contributed by atoms with E-state index in [-0.39, 0.29) is 42.7 Å². The number of Topliss-reactive ketones (excluding diaryl/α,β-unsaturated/α-hetero) is 1. The van der Waals surface area contributed by atoms with Gasteiger partial charge in [-0.3, -0.25) is 9.59 Å². The van der Waals surface area contributed by atoms with Crippen LogP contribution in [-0.2, 0) is 43.5 Å². The number of halogens is 2. The zero-order valence-electron chi connectivity index (χ0n) is 48.2. The predicted octanol–water partition coefficient (Wildman–Crippen LogP) is 15.2. The van der Waals surface area contributed by atoms with Crippen LogP contribution < -0.4 is 19.3 Å². The molecule has 0 atom stereocenters. The molecule has 1 heterocycles. The normalized spacial score (nSPS) is 13.1. The number of rotatable bonds is 19. The van der Waals surface area contributed by atoms with Crippen molar-refractivity contribution in [3.05, 3.63) is 128 Å². The zero-order valence-corrected chi connectivity index (χ0v) is 51.5. The van der Waals surface area contributed by atoms with Crippen LogP contribution in [-0.4, -0.2) is 60.0 Å².